The van der Waals surface area contributed by atoms with Crippen LogP contribution in [0.5, 0.6) is 0 Å². The van der Waals surface area contributed by atoms with Crippen molar-refractivity contribution in [2.45, 2.75) is 111 Å². The van der Waals surface area contributed by atoms with Crippen molar-refractivity contribution < 1.29 is 5.11 Å². The molecule has 0 bridgehead atoms. The maximum absolute atomic E-state index is 10.2. The lowest BCUT2D eigenvalue weighted by Gasteiger charge is -2.59. The lowest BCUT2D eigenvalue weighted by atomic mass is 9.46. The molecule has 0 saturated heterocycles. The summed E-state index contributed by atoms with van der Waals surface area (Å²) in [5.74, 6) is 5.52. The van der Waals surface area contributed by atoms with Gasteiger partial charge in [0.1, 0.15) is 0 Å². The maximum atomic E-state index is 10.2. The summed E-state index contributed by atoms with van der Waals surface area (Å²) in [7, 11) is 0. The van der Waals surface area contributed by atoms with E-state index in [4.69, 9.17) is 0 Å². The average Bonchev–Trinajstić information content (AvgIpc) is 2.99. The lowest BCUT2D eigenvalue weighted by molar-refractivity contribution is -0.0626. The molecule has 1 N–H and O–H groups in total. The Balaban J connectivity index is 1.48. The molecule has 28 heavy (non-hydrogen) atoms. The van der Waals surface area contributed by atoms with Crippen molar-refractivity contribution in [3.8, 4) is 0 Å². The summed E-state index contributed by atoms with van der Waals surface area (Å²) in [4.78, 5) is 0. The quantitative estimate of drug-likeness (QED) is 0.488. The molecule has 0 aliphatic heterocycles. The van der Waals surface area contributed by atoms with Crippen molar-refractivity contribution >= 4 is 0 Å². The summed E-state index contributed by atoms with van der Waals surface area (Å²) in [5.41, 5.74) is 2.61. The molecule has 0 aromatic heterocycles. The van der Waals surface area contributed by atoms with E-state index in [0.717, 1.165) is 41.9 Å². The van der Waals surface area contributed by atoms with Crippen LogP contribution < -0.4 is 0 Å². The van der Waals surface area contributed by atoms with E-state index in [2.05, 4.69) is 40.7 Å². The van der Waals surface area contributed by atoms with Crippen molar-refractivity contribution in [1.29, 1.82) is 0 Å². The minimum Gasteiger partial charge on any atom is -0.389 e. The molecule has 0 amide bonds. The molecular weight excluding hydrogens is 340 g/mol. The van der Waals surface area contributed by atoms with Crippen LogP contribution in [0.4, 0.5) is 0 Å². The molecule has 3 saturated carbocycles. The topological polar surface area (TPSA) is 20.2 Å². The van der Waals surface area contributed by atoms with Gasteiger partial charge < -0.3 is 5.11 Å². The Hall–Kier alpha value is -0.300. The zero-order chi connectivity index (χ0) is 20.1. The van der Waals surface area contributed by atoms with Gasteiger partial charge in [-0.2, -0.15) is 0 Å². The summed E-state index contributed by atoms with van der Waals surface area (Å²) >= 11 is 0. The maximum Gasteiger partial charge on any atom is 0.0724 e. The zero-order valence-electron chi connectivity index (χ0n) is 19.3. The van der Waals surface area contributed by atoms with Crippen LogP contribution in [-0.2, 0) is 0 Å². The number of hydrogen-bond donors (Lipinski definition) is 1. The monoisotopic (exact) mass is 386 g/mol. The summed E-state index contributed by atoms with van der Waals surface area (Å²) < 4.78 is 0. The van der Waals surface area contributed by atoms with E-state index in [1.807, 2.05) is 0 Å². The molecule has 8 atom stereocenters. The second kappa shape index (κ2) is 7.75. The minimum absolute atomic E-state index is 0.170. The molecule has 0 heterocycles. The van der Waals surface area contributed by atoms with Gasteiger partial charge in [-0.3, -0.25) is 0 Å². The molecule has 3 fully saturated rings. The number of fused-ring (bicyclic) bond motifs is 5. The van der Waals surface area contributed by atoms with Crippen LogP contribution in [0.15, 0.2) is 11.6 Å². The van der Waals surface area contributed by atoms with Crippen molar-refractivity contribution in [2.75, 3.05) is 0 Å². The third kappa shape index (κ3) is 3.42. The SMILES string of the molecule is CC(C)CCC[C@@H](C)[C@H]1CC[C@H]2[C@@H]3CCC4=C[C@H](O)CC[C@]4(C)[C@H]3CC[C@]12C. The summed E-state index contributed by atoms with van der Waals surface area (Å²) in [6.07, 6.45) is 17.1. The number of aliphatic hydroxyl groups excluding tert-OH is 1. The van der Waals surface area contributed by atoms with E-state index in [9.17, 15) is 5.11 Å². The minimum atomic E-state index is -0.170. The van der Waals surface area contributed by atoms with Crippen LogP contribution in [0, 0.1) is 46.3 Å². The second-order valence-electron chi connectivity index (χ2n) is 12.2. The Morgan fingerprint density at radius 2 is 1.75 bits per heavy atom. The summed E-state index contributed by atoms with van der Waals surface area (Å²) in [6.45, 7) is 12.6. The van der Waals surface area contributed by atoms with Gasteiger partial charge in [-0.1, -0.05) is 65.5 Å². The van der Waals surface area contributed by atoms with E-state index < -0.39 is 0 Å². The zero-order valence-corrected chi connectivity index (χ0v) is 19.3. The van der Waals surface area contributed by atoms with Crippen LogP contribution in [-0.4, -0.2) is 11.2 Å². The van der Waals surface area contributed by atoms with Crippen LogP contribution in [0.2, 0.25) is 0 Å². The molecule has 0 aromatic rings. The number of hydrogen-bond acceptors (Lipinski definition) is 1. The Morgan fingerprint density at radius 3 is 2.50 bits per heavy atom. The van der Waals surface area contributed by atoms with Gasteiger partial charge in [-0.25, -0.2) is 0 Å². The Bertz CT molecular complexity index is 591. The third-order valence-corrected chi connectivity index (χ3v) is 10.3. The fourth-order valence-electron chi connectivity index (χ4n) is 8.73. The molecule has 4 aliphatic rings. The molecule has 4 rings (SSSR count). The molecule has 0 unspecified atom stereocenters. The van der Waals surface area contributed by atoms with Gasteiger partial charge in [0, 0.05) is 0 Å². The van der Waals surface area contributed by atoms with E-state index in [-0.39, 0.29) is 6.10 Å². The van der Waals surface area contributed by atoms with Crippen molar-refractivity contribution in [1.82, 2.24) is 0 Å². The number of allylic oxidation sites excluding steroid dienone is 1. The first-order chi connectivity index (χ1) is 13.3. The van der Waals surface area contributed by atoms with E-state index in [1.165, 1.54) is 64.2 Å². The summed E-state index contributed by atoms with van der Waals surface area (Å²) in [6, 6.07) is 0. The summed E-state index contributed by atoms with van der Waals surface area (Å²) in [5, 5.41) is 10.2. The van der Waals surface area contributed by atoms with Crippen molar-refractivity contribution in [2.24, 2.45) is 46.3 Å². The molecule has 160 valence electrons. The van der Waals surface area contributed by atoms with Crippen molar-refractivity contribution in [3.05, 3.63) is 11.6 Å². The largest absolute Gasteiger partial charge is 0.389 e. The lowest BCUT2D eigenvalue weighted by Crippen LogP contribution is -2.51. The number of rotatable bonds is 5. The standard InChI is InChI=1S/C27H46O/c1-18(2)7-6-8-19(3)23-11-12-24-22-10-9-20-17-21(28)13-15-26(20,4)25(22)14-16-27(23,24)5/h17-19,21-25,28H,6-16H2,1-5H3/t19-,21-,22+,23-,24+,25+,26+,27-/m1/s1. The molecule has 0 spiro atoms. The van der Waals surface area contributed by atoms with Crippen LogP contribution in [0.1, 0.15) is 105 Å². The highest BCUT2D eigenvalue weighted by molar-refractivity contribution is 5.25. The van der Waals surface area contributed by atoms with Gasteiger partial charge in [0.15, 0.2) is 0 Å². The molecular formula is C27H46O. The van der Waals surface area contributed by atoms with Crippen molar-refractivity contribution in [3.63, 3.8) is 0 Å². The average molecular weight is 387 g/mol. The predicted molar refractivity (Wildman–Crippen MR) is 119 cm³/mol. The Labute approximate surface area is 174 Å². The van der Waals surface area contributed by atoms with Gasteiger partial charge in [0.2, 0.25) is 0 Å². The van der Waals surface area contributed by atoms with Gasteiger partial charge in [-0.05, 0) is 97.7 Å². The molecule has 1 heteroatoms. The van der Waals surface area contributed by atoms with Crippen LogP contribution in [0.3, 0.4) is 0 Å². The van der Waals surface area contributed by atoms with E-state index in [1.54, 1.807) is 5.57 Å². The highest BCUT2D eigenvalue weighted by atomic mass is 16.3. The number of aliphatic hydroxyl groups is 1. The van der Waals surface area contributed by atoms with Crippen LogP contribution in [0.25, 0.3) is 0 Å². The first kappa shape index (κ1) is 21.0. The van der Waals surface area contributed by atoms with E-state index in [0.29, 0.717) is 10.8 Å². The van der Waals surface area contributed by atoms with E-state index >= 15 is 0 Å². The van der Waals surface area contributed by atoms with Crippen LogP contribution >= 0.6 is 0 Å². The Morgan fingerprint density at radius 1 is 0.964 bits per heavy atom. The molecule has 0 radical (unpaired) electrons. The molecule has 0 aromatic carbocycles. The van der Waals surface area contributed by atoms with Gasteiger partial charge in [0.05, 0.1) is 6.10 Å². The van der Waals surface area contributed by atoms with Gasteiger partial charge in [-0.15, -0.1) is 0 Å². The highest BCUT2D eigenvalue weighted by Gasteiger charge is 2.59. The fraction of sp³-hybridized carbons (Fsp3) is 0.926. The van der Waals surface area contributed by atoms with Gasteiger partial charge >= 0.3 is 0 Å². The fourth-order valence-corrected chi connectivity index (χ4v) is 8.73. The molecule has 1 nitrogen and oxygen atoms in total. The second-order valence-corrected chi connectivity index (χ2v) is 12.2. The van der Waals surface area contributed by atoms with Gasteiger partial charge in [0.25, 0.3) is 0 Å². The smallest absolute Gasteiger partial charge is 0.0724 e. The Kier molecular flexibility index (Phi) is 5.80. The highest BCUT2D eigenvalue weighted by Crippen LogP contribution is 2.67. The third-order valence-electron chi connectivity index (χ3n) is 10.3. The first-order valence-corrected chi connectivity index (χ1v) is 12.6. The normalized spacial score (nSPS) is 46.5. The first-order valence-electron chi connectivity index (χ1n) is 12.6. The predicted octanol–water partition coefficient (Wildman–Crippen LogP) is 7.39. The molecule has 4 aliphatic carbocycles.